The van der Waals surface area contributed by atoms with E-state index in [-0.39, 0.29) is 5.91 Å². The highest BCUT2D eigenvalue weighted by atomic mass is 19.4. The van der Waals surface area contributed by atoms with Crippen molar-refractivity contribution in [2.45, 2.75) is 25.1 Å². The van der Waals surface area contributed by atoms with E-state index in [0.717, 1.165) is 51.2 Å². The normalized spacial score (nSPS) is 22.3. The van der Waals surface area contributed by atoms with Crippen LogP contribution in [0, 0.1) is 0 Å². The van der Waals surface area contributed by atoms with Crippen LogP contribution in [0.15, 0.2) is 30.3 Å². The SMILES string of the molecule is O=C(C=Cc1ccc(C(F)(F)F)cc1)N1CCN(CC2CCCO2)CC1. The van der Waals surface area contributed by atoms with Crippen molar-refractivity contribution in [2.75, 3.05) is 39.3 Å². The van der Waals surface area contributed by atoms with E-state index in [1.807, 2.05) is 0 Å². The molecule has 7 heteroatoms. The average molecular weight is 368 g/mol. The maximum atomic E-state index is 12.5. The zero-order valence-corrected chi connectivity index (χ0v) is 14.5. The molecule has 2 fully saturated rings. The van der Waals surface area contributed by atoms with Gasteiger partial charge in [0.2, 0.25) is 5.91 Å². The standard InChI is InChI=1S/C19H23F3N2O2/c20-19(21,22)16-6-3-15(4-7-16)5-8-18(25)24-11-9-23(10-12-24)14-17-2-1-13-26-17/h3-8,17H,1-2,9-14H2. The summed E-state index contributed by atoms with van der Waals surface area (Å²) in [4.78, 5) is 16.4. The van der Waals surface area contributed by atoms with Gasteiger partial charge < -0.3 is 9.64 Å². The second-order valence-electron chi connectivity index (χ2n) is 6.71. The van der Waals surface area contributed by atoms with Crippen LogP contribution in [0.1, 0.15) is 24.0 Å². The Morgan fingerprint density at radius 3 is 2.42 bits per heavy atom. The quantitative estimate of drug-likeness (QED) is 0.766. The molecule has 0 spiro atoms. The highest BCUT2D eigenvalue weighted by Crippen LogP contribution is 2.29. The number of carbonyl (C=O) groups excluding carboxylic acids is 1. The van der Waals surface area contributed by atoms with Crippen LogP contribution in [-0.4, -0.2) is 61.1 Å². The number of amides is 1. The highest BCUT2D eigenvalue weighted by Gasteiger charge is 2.29. The summed E-state index contributed by atoms with van der Waals surface area (Å²) in [5, 5.41) is 0. The number of nitrogens with zero attached hydrogens (tertiary/aromatic N) is 2. The Morgan fingerprint density at radius 1 is 1.15 bits per heavy atom. The van der Waals surface area contributed by atoms with E-state index in [4.69, 9.17) is 4.74 Å². The number of rotatable bonds is 4. The second kappa shape index (κ2) is 8.22. The van der Waals surface area contributed by atoms with E-state index in [1.54, 1.807) is 11.0 Å². The summed E-state index contributed by atoms with van der Waals surface area (Å²) in [5.74, 6) is -0.110. The minimum absolute atomic E-state index is 0.110. The maximum Gasteiger partial charge on any atom is 0.416 e. The molecule has 2 saturated heterocycles. The summed E-state index contributed by atoms with van der Waals surface area (Å²) in [6.07, 6.45) is 1.19. The van der Waals surface area contributed by atoms with Crippen molar-refractivity contribution in [2.24, 2.45) is 0 Å². The minimum atomic E-state index is -4.35. The first kappa shape index (κ1) is 18.9. The molecule has 3 rings (SSSR count). The molecule has 1 unspecified atom stereocenters. The molecular weight excluding hydrogens is 345 g/mol. The lowest BCUT2D eigenvalue weighted by Crippen LogP contribution is -2.50. The number of halogens is 3. The van der Waals surface area contributed by atoms with Crippen molar-refractivity contribution >= 4 is 12.0 Å². The number of hydrogen-bond acceptors (Lipinski definition) is 3. The van der Waals surface area contributed by atoms with Gasteiger partial charge in [-0.3, -0.25) is 9.69 Å². The van der Waals surface area contributed by atoms with E-state index in [2.05, 4.69) is 4.90 Å². The minimum Gasteiger partial charge on any atom is -0.377 e. The summed E-state index contributed by atoms with van der Waals surface area (Å²) in [5.41, 5.74) is -0.119. The third-order valence-electron chi connectivity index (χ3n) is 4.83. The topological polar surface area (TPSA) is 32.8 Å². The third-order valence-corrected chi connectivity index (χ3v) is 4.83. The number of alkyl halides is 3. The molecule has 0 aromatic heterocycles. The van der Waals surface area contributed by atoms with Crippen LogP contribution < -0.4 is 0 Å². The lowest BCUT2D eigenvalue weighted by Gasteiger charge is -2.35. The monoisotopic (exact) mass is 368 g/mol. The first-order valence-corrected chi connectivity index (χ1v) is 8.90. The van der Waals surface area contributed by atoms with Crippen molar-refractivity contribution in [3.05, 3.63) is 41.5 Å². The number of carbonyl (C=O) groups is 1. The summed E-state index contributed by atoms with van der Waals surface area (Å²) >= 11 is 0. The molecule has 0 bridgehead atoms. The molecule has 1 aromatic carbocycles. The largest absolute Gasteiger partial charge is 0.416 e. The van der Waals surface area contributed by atoms with Gasteiger partial charge in [0, 0.05) is 45.4 Å². The van der Waals surface area contributed by atoms with Gasteiger partial charge in [0.15, 0.2) is 0 Å². The van der Waals surface area contributed by atoms with Gasteiger partial charge in [0.25, 0.3) is 0 Å². The Balaban J connectivity index is 1.47. The Bertz CT molecular complexity index is 629. The molecule has 2 heterocycles. The molecule has 2 aliphatic rings. The van der Waals surface area contributed by atoms with Gasteiger partial charge in [-0.05, 0) is 36.6 Å². The van der Waals surface area contributed by atoms with Crippen molar-refractivity contribution < 1.29 is 22.7 Å². The molecule has 1 amide bonds. The Labute approximate surface area is 151 Å². The van der Waals surface area contributed by atoms with Crippen LogP contribution in [0.3, 0.4) is 0 Å². The molecule has 0 aliphatic carbocycles. The summed E-state index contributed by atoms with van der Waals surface area (Å²) in [6.45, 7) is 4.71. The van der Waals surface area contributed by atoms with Crippen molar-refractivity contribution in [3.63, 3.8) is 0 Å². The van der Waals surface area contributed by atoms with E-state index in [1.165, 1.54) is 18.2 Å². The first-order valence-electron chi connectivity index (χ1n) is 8.90. The smallest absolute Gasteiger partial charge is 0.377 e. The van der Waals surface area contributed by atoms with Gasteiger partial charge >= 0.3 is 6.18 Å². The number of ether oxygens (including phenoxy) is 1. The van der Waals surface area contributed by atoms with Crippen LogP contribution in [0.25, 0.3) is 6.08 Å². The van der Waals surface area contributed by atoms with Crippen molar-refractivity contribution in [1.29, 1.82) is 0 Å². The van der Waals surface area contributed by atoms with Crippen molar-refractivity contribution in [3.8, 4) is 0 Å². The van der Waals surface area contributed by atoms with Crippen LogP contribution in [-0.2, 0) is 15.7 Å². The summed E-state index contributed by atoms with van der Waals surface area (Å²) < 4.78 is 43.3. The van der Waals surface area contributed by atoms with Crippen LogP contribution in [0.2, 0.25) is 0 Å². The Morgan fingerprint density at radius 2 is 1.85 bits per heavy atom. The molecule has 26 heavy (non-hydrogen) atoms. The first-order chi connectivity index (χ1) is 12.4. The predicted octanol–water partition coefficient (Wildman–Crippen LogP) is 3.04. The van der Waals surface area contributed by atoms with Gasteiger partial charge in [-0.25, -0.2) is 0 Å². The van der Waals surface area contributed by atoms with Gasteiger partial charge in [0.1, 0.15) is 0 Å². The van der Waals surface area contributed by atoms with E-state index in [9.17, 15) is 18.0 Å². The average Bonchev–Trinajstić information content (AvgIpc) is 3.13. The van der Waals surface area contributed by atoms with Crippen molar-refractivity contribution in [1.82, 2.24) is 9.80 Å². The van der Waals surface area contributed by atoms with Gasteiger partial charge in [-0.2, -0.15) is 13.2 Å². The van der Waals surface area contributed by atoms with Gasteiger partial charge in [-0.1, -0.05) is 12.1 Å². The zero-order chi connectivity index (χ0) is 18.6. The molecule has 4 nitrogen and oxygen atoms in total. The van der Waals surface area contributed by atoms with E-state index in [0.29, 0.717) is 24.8 Å². The van der Waals surface area contributed by atoms with Gasteiger partial charge in [-0.15, -0.1) is 0 Å². The summed E-state index contributed by atoms with van der Waals surface area (Å²) in [6, 6.07) is 4.78. The van der Waals surface area contributed by atoms with Crippen LogP contribution in [0.5, 0.6) is 0 Å². The fraction of sp³-hybridized carbons (Fsp3) is 0.526. The number of piperazine rings is 1. The van der Waals surface area contributed by atoms with Gasteiger partial charge in [0.05, 0.1) is 11.7 Å². The summed E-state index contributed by atoms with van der Waals surface area (Å²) in [7, 11) is 0. The molecule has 1 aromatic rings. The molecule has 1 atom stereocenters. The molecule has 0 saturated carbocycles. The molecular formula is C19H23F3N2O2. The number of hydrogen-bond donors (Lipinski definition) is 0. The second-order valence-corrected chi connectivity index (χ2v) is 6.71. The molecule has 0 radical (unpaired) electrons. The fourth-order valence-electron chi connectivity index (χ4n) is 3.28. The third kappa shape index (κ3) is 5.08. The predicted molar refractivity (Wildman–Crippen MR) is 92.5 cm³/mol. The Kier molecular flexibility index (Phi) is 5.98. The van der Waals surface area contributed by atoms with Crippen LogP contribution in [0.4, 0.5) is 13.2 Å². The lowest BCUT2D eigenvalue weighted by atomic mass is 10.1. The number of benzene rings is 1. The maximum absolute atomic E-state index is 12.5. The highest BCUT2D eigenvalue weighted by molar-refractivity contribution is 5.91. The van der Waals surface area contributed by atoms with E-state index < -0.39 is 11.7 Å². The Hall–Kier alpha value is -1.86. The van der Waals surface area contributed by atoms with Crippen LogP contribution >= 0.6 is 0 Å². The molecule has 2 aliphatic heterocycles. The van der Waals surface area contributed by atoms with E-state index >= 15 is 0 Å². The molecule has 0 N–H and O–H groups in total. The fourth-order valence-corrected chi connectivity index (χ4v) is 3.28. The molecule has 142 valence electrons. The zero-order valence-electron chi connectivity index (χ0n) is 14.5. The lowest BCUT2D eigenvalue weighted by molar-refractivity contribution is -0.137.